The molecular weight excluding hydrogens is 474 g/mol. The summed E-state index contributed by atoms with van der Waals surface area (Å²) in [5.74, 6) is -0.857. The van der Waals surface area contributed by atoms with Gasteiger partial charge >= 0.3 is 5.97 Å². The van der Waals surface area contributed by atoms with Crippen molar-refractivity contribution in [2.75, 3.05) is 23.9 Å². The number of fused-ring (bicyclic) bond motifs is 1. The summed E-state index contributed by atoms with van der Waals surface area (Å²) in [6, 6.07) is 14.6. The van der Waals surface area contributed by atoms with Crippen molar-refractivity contribution in [2.45, 2.75) is 45.5 Å². The molecule has 0 spiro atoms. The fourth-order valence-corrected chi connectivity index (χ4v) is 6.20. The lowest BCUT2D eigenvalue weighted by molar-refractivity contribution is -0.137. The van der Waals surface area contributed by atoms with E-state index >= 15 is 0 Å². The molecule has 184 valence electrons. The number of carboxylic acids is 1. The Labute approximate surface area is 206 Å². The first kappa shape index (κ1) is 26.1. The van der Waals surface area contributed by atoms with Gasteiger partial charge in [-0.05, 0) is 62.3 Å². The number of aromatic nitrogens is 1. The Bertz CT molecular complexity index is 1220. The van der Waals surface area contributed by atoms with E-state index in [1.54, 1.807) is 31.2 Å². The van der Waals surface area contributed by atoms with E-state index in [1.807, 2.05) is 53.8 Å². The molecule has 0 aliphatic heterocycles. The Morgan fingerprint density at radius 3 is 2.35 bits per heavy atom. The van der Waals surface area contributed by atoms with Crippen molar-refractivity contribution in [1.82, 2.24) is 9.47 Å². The number of aliphatic carboxylic acids is 1. The van der Waals surface area contributed by atoms with E-state index in [1.165, 1.54) is 4.31 Å². The number of carbonyl (C=O) groups is 1. The number of aryl methyl sites for hydroxylation is 1. The molecule has 0 amide bonds. The van der Waals surface area contributed by atoms with Crippen LogP contribution in [0.25, 0.3) is 10.9 Å². The lowest BCUT2D eigenvalue weighted by Crippen LogP contribution is -2.47. The quantitative estimate of drug-likeness (QED) is 0.381. The number of para-hydroxylation sites is 1. The van der Waals surface area contributed by atoms with Crippen LogP contribution in [0.15, 0.2) is 54.7 Å². The van der Waals surface area contributed by atoms with Crippen LogP contribution in [0.4, 0.5) is 5.69 Å². The molecule has 3 aromatic rings. The molecule has 9 heteroatoms. The zero-order chi connectivity index (χ0) is 24.9. The van der Waals surface area contributed by atoms with Crippen molar-refractivity contribution in [2.24, 2.45) is 0 Å². The van der Waals surface area contributed by atoms with E-state index in [-0.39, 0.29) is 13.0 Å². The maximum Gasteiger partial charge on any atom is 0.305 e. The predicted octanol–water partition coefficient (Wildman–Crippen LogP) is 4.84. The van der Waals surface area contributed by atoms with Gasteiger partial charge in [-0.25, -0.2) is 8.42 Å². The fraction of sp³-hybridized carbons (Fsp3) is 0.400. The van der Waals surface area contributed by atoms with Gasteiger partial charge in [-0.3, -0.25) is 14.0 Å². The van der Waals surface area contributed by atoms with Crippen LogP contribution < -0.4 is 4.31 Å². The van der Waals surface area contributed by atoms with E-state index < -0.39 is 21.4 Å². The number of rotatable bonds is 12. The Morgan fingerprint density at radius 2 is 1.74 bits per heavy atom. The minimum Gasteiger partial charge on any atom is -0.481 e. The van der Waals surface area contributed by atoms with Crippen molar-refractivity contribution in [3.05, 3.63) is 65.3 Å². The molecule has 34 heavy (non-hydrogen) atoms. The molecule has 1 heterocycles. The number of nitrogens with zero attached hydrogens (tertiary/aromatic N) is 3. The van der Waals surface area contributed by atoms with Crippen LogP contribution in [0.5, 0.6) is 0 Å². The van der Waals surface area contributed by atoms with E-state index in [0.29, 0.717) is 36.8 Å². The molecule has 0 aliphatic rings. The SMILES string of the molecule is CCN(CC)C(C)S(=O)(=O)N(CCc1cn(CCC(=O)O)c2ccccc12)c1ccc(Cl)cc1. The van der Waals surface area contributed by atoms with E-state index in [0.717, 1.165) is 16.5 Å². The second-order valence-corrected chi connectivity index (χ2v) is 10.8. The molecule has 0 radical (unpaired) electrons. The number of carboxylic acid groups (broad SMARTS) is 1. The number of sulfonamides is 1. The molecule has 1 N–H and O–H groups in total. The van der Waals surface area contributed by atoms with Crippen molar-refractivity contribution in [1.29, 1.82) is 0 Å². The molecule has 0 bridgehead atoms. The fourth-order valence-electron chi connectivity index (χ4n) is 4.27. The molecule has 0 fully saturated rings. The topological polar surface area (TPSA) is 82.9 Å². The first-order chi connectivity index (χ1) is 16.2. The highest BCUT2D eigenvalue weighted by atomic mass is 35.5. The van der Waals surface area contributed by atoms with Crippen LogP contribution in [0.2, 0.25) is 5.02 Å². The van der Waals surface area contributed by atoms with E-state index in [2.05, 4.69) is 0 Å². The highest BCUT2D eigenvalue weighted by molar-refractivity contribution is 7.93. The third kappa shape index (κ3) is 5.74. The van der Waals surface area contributed by atoms with Gasteiger partial charge in [-0.2, -0.15) is 0 Å². The minimum atomic E-state index is -3.70. The summed E-state index contributed by atoms with van der Waals surface area (Å²) in [5, 5.41) is 9.96. The summed E-state index contributed by atoms with van der Waals surface area (Å²) >= 11 is 6.06. The highest BCUT2D eigenvalue weighted by Gasteiger charge is 2.32. The smallest absolute Gasteiger partial charge is 0.305 e. The Kier molecular flexibility index (Phi) is 8.62. The van der Waals surface area contributed by atoms with Gasteiger partial charge in [0, 0.05) is 35.2 Å². The largest absolute Gasteiger partial charge is 0.481 e. The molecule has 0 saturated carbocycles. The minimum absolute atomic E-state index is 0.0186. The van der Waals surface area contributed by atoms with Gasteiger partial charge in [0.2, 0.25) is 0 Å². The Morgan fingerprint density at radius 1 is 1.09 bits per heavy atom. The molecule has 1 unspecified atom stereocenters. The number of hydrogen-bond donors (Lipinski definition) is 1. The van der Waals surface area contributed by atoms with Crippen LogP contribution >= 0.6 is 11.6 Å². The average Bonchev–Trinajstić information content (AvgIpc) is 3.17. The van der Waals surface area contributed by atoms with Gasteiger partial charge in [0.05, 0.1) is 12.1 Å². The van der Waals surface area contributed by atoms with Gasteiger partial charge in [0.25, 0.3) is 10.0 Å². The third-order valence-corrected chi connectivity index (χ3v) is 8.62. The number of benzene rings is 2. The van der Waals surface area contributed by atoms with Crippen molar-refractivity contribution in [3.63, 3.8) is 0 Å². The van der Waals surface area contributed by atoms with Crippen molar-refractivity contribution < 1.29 is 18.3 Å². The highest BCUT2D eigenvalue weighted by Crippen LogP contribution is 2.27. The maximum absolute atomic E-state index is 13.7. The number of anilines is 1. The molecule has 1 atom stereocenters. The lowest BCUT2D eigenvalue weighted by Gasteiger charge is -2.33. The summed E-state index contributed by atoms with van der Waals surface area (Å²) in [5.41, 5.74) is 2.49. The predicted molar refractivity (Wildman–Crippen MR) is 138 cm³/mol. The molecule has 0 saturated heterocycles. The summed E-state index contributed by atoms with van der Waals surface area (Å²) in [6.07, 6.45) is 2.44. The van der Waals surface area contributed by atoms with E-state index in [4.69, 9.17) is 16.7 Å². The lowest BCUT2D eigenvalue weighted by atomic mass is 10.1. The normalized spacial score (nSPS) is 12.9. The molecule has 7 nitrogen and oxygen atoms in total. The van der Waals surface area contributed by atoms with Crippen LogP contribution in [-0.4, -0.2) is 54.0 Å². The monoisotopic (exact) mass is 505 g/mol. The molecular formula is C25H32ClN3O4S. The first-order valence-corrected chi connectivity index (χ1v) is 13.4. The summed E-state index contributed by atoms with van der Waals surface area (Å²) in [6.45, 7) is 7.49. The molecule has 1 aromatic heterocycles. The number of hydrogen-bond acceptors (Lipinski definition) is 4. The van der Waals surface area contributed by atoms with Crippen LogP contribution in [0, 0.1) is 0 Å². The zero-order valence-corrected chi connectivity index (χ0v) is 21.4. The maximum atomic E-state index is 13.7. The van der Waals surface area contributed by atoms with Gasteiger partial charge < -0.3 is 9.67 Å². The van der Waals surface area contributed by atoms with Gasteiger partial charge in [-0.1, -0.05) is 43.6 Å². The number of halogens is 1. The van der Waals surface area contributed by atoms with Crippen molar-refractivity contribution in [3.8, 4) is 0 Å². The average molecular weight is 506 g/mol. The van der Waals surface area contributed by atoms with Gasteiger partial charge in [-0.15, -0.1) is 0 Å². The molecule has 2 aromatic carbocycles. The van der Waals surface area contributed by atoms with Crippen LogP contribution in [0.3, 0.4) is 0 Å². The third-order valence-electron chi connectivity index (χ3n) is 6.20. The Balaban J connectivity index is 1.96. The standard InChI is InChI=1S/C25H32ClN3O4S/c1-4-27(5-2)19(3)34(32,33)29(22-12-10-21(26)11-13-22)17-14-20-18-28(16-15-25(30)31)24-9-7-6-8-23(20)24/h6-13,18-19H,4-5,14-17H2,1-3H3,(H,30,31). The van der Waals surface area contributed by atoms with Gasteiger partial charge in [0.1, 0.15) is 5.37 Å². The van der Waals surface area contributed by atoms with Gasteiger partial charge in [0.15, 0.2) is 0 Å². The summed E-state index contributed by atoms with van der Waals surface area (Å²) < 4.78 is 30.8. The first-order valence-electron chi connectivity index (χ1n) is 11.5. The van der Waals surface area contributed by atoms with E-state index in [9.17, 15) is 13.2 Å². The van der Waals surface area contributed by atoms with Crippen molar-refractivity contribution >= 4 is 44.2 Å². The second-order valence-electron chi connectivity index (χ2n) is 8.17. The summed E-state index contributed by atoms with van der Waals surface area (Å²) in [7, 11) is -3.70. The summed E-state index contributed by atoms with van der Waals surface area (Å²) in [4.78, 5) is 13.0. The Hall–Kier alpha value is -2.55. The molecule has 0 aliphatic carbocycles. The second kappa shape index (κ2) is 11.3. The van der Waals surface area contributed by atoms with Crippen LogP contribution in [0.1, 0.15) is 32.8 Å². The zero-order valence-electron chi connectivity index (χ0n) is 19.8. The van der Waals surface area contributed by atoms with Crippen LogP contribution in [-0.2, 0) is 27.8 Å². The molecule has 3 rings (SSSR count).